The van der Waals surface area contributed by atoms with Gasteiger partial charge < -0.3 is 20.1 Å². The molecule has 0 saturated heterocycles. The number of ether oxygens (including phenoxy) is 1. The maximum absolute atomic E-state index is 12.9. The van der Waals surface area contributed by atoms with Crippen LogP contribution in [0.4, 0.5) is 0 Å². The zero-order valence-corrected chi connectivity index (χ0v) is 21.1. The van der Waals surface area contributed by atoms with Crippen molar-refractivity contribution in [2.45, 2.75) is 19.1 Å². The molecule has 190 valence electrons. The van der Waals surface area contributed by atoms with Crippen molar-refractivity contribution in [1.29, 1.82) is 0 Å². The van der Waals surface area contributed by atoms with Crippen LogP contribution in [-0.2, 0) is 17.8 Å². The lowest BCUT2D eigenvalue weighted by molar-refractivity contribution is -0.139. The van der Waals surface area contributed by atoms with Crippen molar-refractivity contribution in [3.8, 4) is 16.9 Å². The van der Waals surface area contributed by atoms with E-state index in [4.69, 9.17) is 16.3 Å². The quantitative estimate of drug-likeness (QED) is 0.205. The number of hydrogen-bond acceptors (Lipinski definition) is 3. The number of carbonyl (C=O) groups excluding carboxylic acids is 1. The molecule has 0 fully saturated rings. The first kappa shape index (κ1) is 25.1. The number of hydrogen-bond donors (Lipinski definition) is 3. The molecule has 4 aromatic carbocycles. The second kappa shape index (κ2) is 11.2. The summed E-state index contributed by atoms with van der Waals surface area (Å²) < 4.78 is 5.80. The number of carboxylic acid groups (broad SMARTS) is 1. The predicted octanol–water partition coefficient (Wildman–Crippen LogP) is 6.49. The van der Waals surface area contributed by atoms with Gasteiger partial charge in [0, 0.05) is 22.3 Å². The third-order valence-electron chi connectivity index (χ3n) is 6.26. The summed E-state index contributed by atoms with van der Waals surface area (Å²) in [5.74, 6) is -0.905. The Bertz CT molecular complexity index is 1560. The molecular formula is C31H25ClN2O4. The van der Waals surface area contributed by atoms with Gasteiger partial charge in [-0.1, -0.05) is 78.3 Å². The molecule has 5 rings (SSSR count). The second-order valence-corrected chi connectivity index (χ2v) is 9.42. The van der Waals surface area contributed by atoms with Crippen LogP contribution in [-0.4, -0.2) is 28.0 Å². The average Bonchev–Trinajstić information content (AvgIpc) is 3.37. The number of nitrogens with one attached hydrogen (secondary N) is 2. The Morgan fingerprint density at radius 2 is 1.55 bits per heavy atom. The van der Waals surface area contributed by atoms with Crippen LogP contribution in [0.1, 0.15) is 21.6 Å². The predicted molar refractivity (Wildman–Crippen MR) is 149 cm³/mol. The number of aromatic amines is 1. The molecule has 0 bridgehead atoms. The Morgan fingerprint density at radius 1 is 0.842 bits per heavy atom. The number of carbonyl (C=O) groups is 2. The Balaban J connectivity index is 1.24. The Morgan fingerprint density at radius 3 is 2.26 bits per heavy atom. The van der Waals surface area contributed by atoms with Crippen molar-refractivity contribution in [2.24, 2.45) is 0 Å². The van der Waals surface area contributed by atoms with E-state index < -0.39 is 17.9 Å². The van der Waals surface area contributed by atoms with E-state index in [2.05, 4.69) is 10.3 Å². The van der Waals surface area contributed by atoms with Gasteiger partial charge in [0.2, 0.25) is 0 Å². The monoisotopic (exact) mass is 524 g/mol. The van der Waals surface area contributed by atoms with Gasteiger partial charge in [0.15, 0.2) is 0 Å². The van der Waals surface area contributed by atoms with Gasteiger partial charge in [-0.05, 0) is 58.7 Å². The third-order valence-corrected chi connectivity index (χ3v) is 6.51. The van der Waals surface area contributed by atoms with Crippen molar-refractivity contribution < 1.29 is 19.4 Å². The van der Waals surface area contributed by atoms with E-state index in [1.165, 1.54) is 0 Å². The molecule has 0 radical (unpaired) electrons. The highest BCUT2D eigenvalue weighted by Crippen LogP contribution is 2.26. The first-order chi connectivity index (χ1) is 18.4. The number of carboxylic acids is 1. The van der Waals surface area contributed by atoms with Crippen LogP contribution in [0.3, 0.4) is 0 Å². The summed E-state index contributed by atoms with van der Waals surface area (Å²) in [6.07, 6.45) is 0.140. The molecular weight excluding hydrogens is 500 g/mol. The maximum Gasteiger partial charge on any atom is 0.326 e. The lowest BCUT2D eigenvalue weighted by atomic mass is 10.0. The van der Waals surface area contributed by atoms with Gasteiger partial charge in [0.05, 0.1) is 0 Å². The number of aliphatic carboxylic acids is 1. The molecule has 3 N–H and O–H groups in total. The Kier molecular flexibility index (Phi) is 7.43. The van der Waals surface area contributed by atoms with Crippen molar-refractivity contribution >= 4 is 34.4 Å². The van der Waals surface area contributed by atoms with Crippen LogP contribution in [0, 0.1) is 0 Å². The first-order valence-corrected chi connectivity index (χ1v) is 12.5. The molecule has 7 heteroatoms. The summed E-state index contributed by atoms with van der Waals surface area (Å²) >= 11 is 5.99. The summed E-state index contributed by atoms with van der Waals surface area (Å²) in [6.45, 7) is 0.444. The van der Waals surface area contributed by atoms with E-state index >= 15 is 0 Å². The number of rotatable bonds is 9. The minimum atomic E-state index is -1.11. The zero-order valence-electron chi connectivity index (χ0n) is 20.4. The maximum atomic E-state index is 12.9. The minimum absolute atomic E-state index is 0.140. The van der Waals surface area contributed by atoms with Gasteiger partial charge in [0.1, 0.15) is 24.1 Å². The van der Waals surface area contributed by atoms with Crippen molar-refractivity contribution in [3.05, 3.63) is 125 Å². The number of H-pyrrole nitrogens is 1. The molecule has 1 unspecified atom stereocenters. The van der Waals surface area contributed by atoms with E-state index in [0.717, 1.165) is 33.2 Å². The van der Waals surface area contributed by atoms with Gasteiger partial charge in [-0.15, -0.1) is 0 Å². The summed E-state index contributed by atoms with van der Waals surface area (Å²) in [5.41, 5.74) is 4.88. The van der Waals surface area contributed by atoms with E-state index in [1.54, 1.807) is 18.2 Å². The van der Waals surface area contributed by atoms with Gasteiger partial charge in [-0.25, -0.2) is 4.79 Å². The molecule has 1 atom stereocenters. The zero-order chi connectivity index (χ0) is 26.5. The molecule has 0 aliphatic heterocycles. The Labute approximate surface area is 224 Å². The number of benzene rings is 4. The number of halogens is 1. The number of fused-ring (bicyclic) bond motifs is 1. The van der Waals surface area contributed by atoms with Gasteiger partial charge >= 0.3 is 5.97 Å². The molecule has 1 aromatic heterocycles. The molecule has 1 amide bonds. The third kappa shape index (κ3) is 6.05. The fourth-order valence-electron chi connectivity index (χ4n) is 4.21. The largest absolute Gasteiger partial charge is 0.489 e. The fourth-order valence-corrected chi connectivity index (χ4v) is 4.33. The molecule has 5 aromatic rings. The standard InChI is InChI=1S/C31H25ClN2O4/c32-25-12-10-22(11-13-25)23-8-9-24-18-28(33-27(24)17-23)30(35)34-29(31(36)37)16-20-6-14-26(15-7-20)38-19-21-4-2-1-3-5-21/h1-15,17-18,29,33H,16,19H2,(H,34,35)(H,36,37). The SMILES string of the molecule is O=C(NC(Cc1ccc(OCc2ccccc2)cc1)C(=O)O)c1cc2ccc(-c3ccc(Cl)cc3)cc2[nH]1. The fraction of sp³-hybridized carbons (Fsp3) is 0.0968. The second-order valence-electron chi connectivity index (χ2n) is 8.98. The van der Waals surface area contributed by atoms with Crippen LogP contribution < -0.4 is 10.1 Å². The summed E-state index contributed by atoms with van der Waals surface area (Å²) in [4.78, 5) is 28.0. The number of amides is 1. The van der Waals surface area contributed by atoms with Crippen LogP contribution >= 0.6 is 11.6 Å². The van der Waals surface area contributed by atoms with Gasteiger partial charge in [0.25, 0.3) is 5.91 Å². The lowest BCUT2D eigenvalue weighted by Crippen LogP contribution is -2.42. The van der Waals surface area contributed by atoms with Gasteiger partial charge in [-0.2, -0.15) is 0 Å². The van der Waals surface area contributed by atoms with Crippen LogP contribution in [0.5, 0.6) is 5.75 Å². The normalized spacial score (nSPS) is 11.7. The summed E-state index contributed by atoms with van der Waals surface area (Å²) in [5, 5.41) is 13.9. The minimum Gasteiger partial charge on any atom is -0.489 e. The first-order valence-electron chi connectivity index (χ1n) is 12.1. The molecule has 38 heavy (non-hydrogen) atoms. The van der Waals surface area contributed by atoms with Gasteiger partial charge in [-0.3, -0.25) is 4.79 Å². The molecule has 1 heterocycles. The summed E-state index contributed by atoms with van der Waals surface area (Å²) in [7, 11) is 0. The molecule has 0 aliphatic rings. The average molecular weight is 525 g/mol. The molecule has 6 nitrogen and oxygen atoms in total. The smallest absolute Gasteiger partial charge is 0.326 e. The number of aromatic nitrogens is 1. The van der Waals surface area contributed by atoms with Crippen LogP contribution in [0.25, 0.3) is 22.0 Å². The van der Waals surface area contributed by atoms with E-state index in [-0.39, 0.29) is 6.42 Å². The van der Waals surface area contributed by atoms with E-state index in [1.807, 2.05) is 84.9 Å². The Hall–Kier alpha value is -4.55. The molecule has 0 spiro atoms. The van der Waals surface area contributed by atoms with Crippen molar-refractivity contribution in [3.63, 3.8) is 0 Å². The lowest BCUT2D eigenvalue weighted by Gasteiger charge is -2.14. The highest BCUT2D eigenvalue weighted by Gasteiger charge is 2.22. The van der Waals surface area contributed by atoms with E-state index in [9.17, 15) is 14.7 Å². The van der Waals surface area contributed by atoms with Crippen LogP contribution in [0.15, 0.2) is 103 Å². The van der Waals surface area contributed by atoms with E-state index in [0.29, 0.717) is 23.1 Å². The van der Waals surface area contributed by atoms with Crippen molar-refractivity contribution in [1.82, 2.24) is 10.3 Å². The highest BCUT2D eigenvalue weighted by atomic mass is 35.5. The van der Waals surface area contributed by atoms with Crippen molar-refractivity contribution in [2.75, 3.05) is 0 Å². The highest BCUT2D eigenvalue weighted by molar-refractivity contribution is 6.30. The summed E-state index contributed by atoms with van der Waals surface area (Å²) in [6, 6.07) is 31.0. The molecule has 0 aliphatic carbocycles. The topological polar surface area (TPSA) is 91.4 Å². The van der Waals surface area contributed by atoms with Crippen LogP contribution in [0.2, 0.25) is 5.02 Å². The molecule has 0 saturated carbocycles.